The first-order valence-corrected chi connectivity index (χ1v) is 22.9. The lowest BCUT2D eigenvalue weighted by atomic mass is 9.91. The van der Waals surface area contributed by atoms with E-state index in [1.165, 1.54) is 24.3 Å². The number of nitrogens with zero attached hydrogens (tertiary/aromatic N) is 12. The number of fused-ring (bicyclic) bond motifs is 2. The normalized spacial score (nSPS) is 15.7. The quantitative estimate of drug-likeness (QED) is 0.130. The Balaban J connectivity index is 0.000000166. The molecule has 8 heterocycles. The minimum atomic E-state index is -0.261. The number of ether oxygens (including phenoxy) is 2. The van der Waals surface area contributed by atoms with Crippen molar-refractivity contribution in [2.24, 2.45) is 0 Å². The van der Waals surface area contributed by atoms with Crippen LogP contribution < -0.4 is 9.47 Å². The molecule has 2 aliphatic rings. The Morgan fingerprint density at radius 2 is 1.03 bits per heavy atom. The summed E-state index contributed by atoms with van der Waals surface area (Å²) in [6, 6.07) is 17.3. The molecular weight excluding hydrogens is 974 g/mol. The second-order valence-electron chi connectivity index (χ2n) is 15.9. The molecule has 10 rings (SSSR count). The average molecular weight is 1020 g/mol. The second-order valence-corrected chi connectivity index (χ2v) is 17.6. The van der Waals surface area contributed by atoms with Crippen LogP contribution >= 0.6 is 31.9 Å². The van der Waals surface area contributed by atoms with E-state index < -0.39 is 0 Å². The molecular formula is C48H44Br2F2N12O2. The van der Waals surface area contributed by atoms with Crippen LogP contribution in [0.2, 0.25) is 0 Å². The molecule has 0 spiro atoms. The average Bonchev–Trinajstić information content (AvgIpc) is 4.14. The van der Waals surface area contributed by atoms with Crippen LogP contribution in [0.4, 0.5) is 8.78 Å². The summed E-state index contributed by atoms with van der Waals surface area (Å²) < 4.78 is 47.3. The Bertz CT molecular complexity index is 2890. The van der Waals surface area contributed by atoms with Crippen LogP contribution in [0.3, 0.4) is 0 Å². The number of pyridine rings is 2. The highest BCUT2D eigenvalue weighted by Crippen LogP contribution is 2.38. The number of aryl methyl sites for hydroxylation is 4. The molecule has 0 aliphatic carbocycles. The molecule has 8 aromatic rings. The van der Waals surface area contributed by atoms with Crippen LogP contribution in [0.25, 0.3) is 35.7 Å². The monoisotopic (exact) mass is 1020 g/mol. The minimum Gasteiger partial charge on any atom is -0.479 e. The standard InChI is InChI=1S/2C24H22BrFN6O/c2*1-15-13-31(14-27-15)21-9-6-17(28-24(21)33-2)7-10-22-29-23-19(4-3-11-32(23)30-22)18-8-5-16(26)12-20(18)25/h2*5-10,12-14,19H,3-4,11H2,1-2H3/b2*10-7+/t2*19-/m10/s1. The maximum atomic E-state index is 13.6. The van der Waals surface area contributed by atoms with Crippen LogP contribution in [0.15, 0.2) is 94.7 Å². The Morgan fingerprint density at radius 1 is 0.591 bits per heavy atom. The lowest BCUT2D eigenvalue weighted by molar-refractivity contribution is 0.395. The zero-order valence-corrected chi connectivity index (χ0v) is 39.7. The molecule has 0 saturated heterocycles. The summed E-state index contributed by atoms with van der Waals surface area (Å²) >= 11 is 7.01. The highest BCUT2D eigenvalue weighted by atomic mass is 79.9. The van der Waals surface area contributed by atoms with E-state index in [4.69, 9.17) is 19.4 Å². The lowest BCUT2D eigenvalue weighted by Crippen LogP contribution is -2.18. The van der Waals surface area contributed by atoms with Crippen molar-refractivity contribution in [3.05, 3.63) is 163 Å². The Morgan fingerprint density at radius 3 is 1.41 bits per heavy atom. The van der Waals surface area contributed by atoms with E-state index >= 15 is 0 Å². The van der Waals surface area contributed by atoms with Gasteiger partial charge in [0.05, 0.1) is 49.6 Å². The largest absolute Gasteiger partial charge is 0.479 e. The third kappa shape index (κ3) is 9.65. The van der Waals surface area contributed by atoms with Crippen LogP contribution in [-0.2, 0) is 13.1 Å². The molecule has 0 fully saturated rings. The van der Waals surface area contributed by atoms with Crippen molar-refractivity contribution in [2.75, 3.05) is 14.2 Å². The highest BCUT2D eigenvalue weighted by Gasteiger charge is 2.28. The van der Waals surface area contributed by atoms with Crippen molar-refractivity contribution in [1.82, 2.24) is 58.6 Å². The lowest BCUT2D eigenvalue weighted by Gasteiger charge is -2.23. The fourth-order valence-electron chi connectivity index (χ4n) is 8.24. The molecule has 66 heavy (non-hydrogen) atoms. The summed E-state index contributed by atoms with van der Waals surface area (Å²) in [6.07, 6.45) is 18.6. The number of aromatic nitrogens is 12. The zero-order valence-electron chi connectivity index (χ0n) is 36.5. The zero-order chi connectivity index (χ0) is 45.9. The Labute approximate surface area is 396 Å². The van der Waals surface area contributed by atoms with Gasteiger partial charge in [-0.2, -0.15) is 10.2 Å². The van der Waals surface area contributed by atoms with Crippen LogP contribution in [0.5, 0.6) is 11.8 Å². The summed E-state index contributed by atoms with van der Waals surface area (Å²) in [5.74, 6) is 3.65. The van der Waals surface area contributed by atoms with Crippen molar-refractivity contribution in [2.45, 2.75) is 64.5 Å². The van der Waals surface area contributed by atoms with Crippen LogP contribution in [-0.4, -0.2) is 72.8 Å². The Hall–Kier alpha value is -6.66. The fourth-order valence-corrected chi connectivity index (χ4v) is 9.49. The van der Waals surface area contributed by atoms with Gasteiger partial charge in [0, 0.05) is 46.3 Å². The number of hydrogen-bond acceptors (Lipinski definition) is 10. The molecule has 0 saturated carbocycles. The summed E-state index contributed by atoms with van der Waals surface area (Å²) in [6.45, 7) is 5.50. The number of hydrogen-bond donors (Lipinski definition) is 0. The van der Waals surface area contributed by atoms with E-state index in [1.54, 1.807) is 26.9 Å². The molecule has 2 aromatic carbocycles. The number of rotatable bonds is 10. The van der Waals surface area contributed by atoms with Crippen molar-refractivity contribution in [3.8, 4) is 23.1 Å². The van der Waals surface area contributed by atoms with E-state index in [0.29, 0.717) is 23.4 Å². The van der Waals surface area contributed by atoms with Gasteiger partial charge in [-0.15, -0.1) is 0 Å². The third-order valence-corrected chi connectivity index (χ3v) is 12.7. The molecule has 0 radical (unpaired) electrons. The van der Waals surface area contributed by atoms with E-state index in [9.17, 15) is 8.78 Å². The summed E-state index contributed by atoms with van der Waals surface area (Å²) in [5, 5.41) is 9.31. The van der Waals surface area contributed by atoms with E-state index in [2.05, 4.69) is 62.0 Å². The molecule has 0 N–H and O–H groups in total. The van der Waals surface area contributed by atoms with Gasteiger partial charge < -0.3 is 18.6 Å². The van der Waals surface area contributed by atoms with Gasteiger partial charge in [0.1, 0.15) is 34.7 Å². The molecule has 18 heteroatoms. The molecule has 6 aromatic heterocycles. The summed E-state index contributed by atoms with van der Waals surface area (Å²) in [7, 11) is 3.20. The first kappa shape index (κ1) is 44.5. The highest BCUT2D eigenvalue weighted by molar-refractivity contribution is 9.10. The molecule has 0 amide bonds. The topological polar surface area (TPSA) is 141 Å². The van der Waals surface area contributed by atoms with Crippen molar-refractivity contribution >= 4 is 56.2 Å². The molecule has 14 nitrogen and oxygen atoms in total. The smallest absolute Gasteiger partial charge is 0.238 e. The maximum Gasteiger partial charge on any atom is 0.238 e. The van der Waals surface area contributed by atoms with Crippen molar-refractivity contribution in [1.29, 1.82) is 0 Å². The van der Waals surface area contributed by atoms with E-state index in [1.807, 2.05) is 105 Å². The molecule has 0 bridgehead atoms. The van der Waals surface area contributed by atoms with Crippen molar-refractivity contribution < 1.29 is 18.3 Å². The van der Waals surface area contributed by atoms with Crippen LogP contribution in [0.1, 0.15) is 94.7 Å². The number of imidazole rings is 2. The molecule has 0 unspecified atom stereocenters. The van der Waals surface area contributed by atoms with Gasteiger partial charge in [0.15, 0.2) is 11.6 Å². The van der Waals surface area contributed by atoms with Gasteiger partial charge in [0.25, 0.3) is 0 Å². The third-order valence-electron chi connectivity index (χ3n) is 11.4. The molecule has 2 aliphatic heterocycles. The second kappa shape index (κ2) is 19.4. The van der Waals surface area contributed by atoms with Gasteiger partial charge in [0.2, 0.25) is 11.8 Å². The van der Waals surface area contributed by atoms with Gasteiger partial charge >= 0.3 is 0 Å². The number of halogens is 4. The van der Waals surface area contributed by atoms with Gasteiger partial charge in [-0.05, 0) is 123 Å². The SMILES string of the molecule is COc1nc(/C=C/c2nc3n(n2)CCC[C@@H]3c2ccc(F)cc2Br)ccc1-n1cnc(C)c1.COc1nc(/C=C/c2nc3n(n2)CCC[C@H]3c2ccc(F)cc2Br)ccc1-n1cnc(C)c1. The predicted octanol–water partition coefficient (Wildman–Crippen LogP) is 10.3. The van der Waals surface area contributed by atoms with Crippen LogP contribution in [0, 0.1) is 25.5 Å². The van der Waals surface area contributed by atoms with E-state index in [0.717, 1.165) is 105 Å². The summed E-state index contributed by atoms with van der Waals surface area (Å²) in [4.78, 5) is 27.3. The first-order valence-electron chi connectivity index (χ1n) is 21.3. The fraction of sp³-hybridized carbons (Fsp3) is 0.250. The van der Waals surface area contributed by atoms with E-state index in [-0.39, 0.29) is 23.5 Å². The van der Waals surface area contributed by atoms with Gasteiger partial charge in [-0.1, -0.05) is 44.0 Å². The molecule has 336 valence electrons. The number of methoxy groups -OCH3 is 2. The predicted molar refractivity (Wildman–Crippen MR) is 254 cm³/mol. The summed E-state index contributed by atoms with van der Waals surface area (Å²) in [5.41, 5.74) is 6.99. The first-order chi connectivity index (χ1) is 32.0. The van der Waals surface area contributed by atoms with Crippen molar-refractivity contribution in [3.63, 3.8) is 0 Å². The van der Waals surface area contributed by atoms with Gasteiger partial charge in [-0.25, -0.2) is 48.0 Å². The maximum absolute atomic E-state index is 13.6. The van der Waals surface area contributed by atoms with Gasteiger partial charge in [-0.3, -0.25) is 0 Å². The number of benzene rings is 2. The Kier molecular flexibility index (Phi) is 13.1. The molecule has 2 atom stereocenters. The minimum absolute atomic E-state index is 0.0690.